The molecule has 2 aliphatic heterocycles. The van der Waals surface area contributed by atoms with Crippen LogP contribution in [0, 0.1) is 12.8 Å². The number of piperidine rings is 1. The molecule has 0 radical (unpaired) electrons. The Labute approximate surface area is 166 Å². The Balaban J connectivity index is 1.70. The van der Waals surface area contributed by atoms with E-state index in [4.69, 9.17) is 4.74 Å². The van der Waals surface area contributed by atoms with E-state index in [1.165, 1.54) is 15.3 Å². The Kier molecular flexibility index (Phi) is 5.84. The highest BCUT2D eigenvalue weighted by Gasteiger charge is 2.34. The number of thiophene rings is 1. The minimum atomic E-state index is -0.451. The SMILES string of the molecule is CCC(c1sc2c(c1C)C(=O)NCC2)C1CCN(C(=O)OC(C)(C)C)CC1. The summed E-state index contributed by atoms with van der Waals surface area (Å²) in [6.45, 7) is 12.3. The molecule has 2 aliphatic rings. The molecule has 1 fully saturated rings. The van der Waals surface area contributed by atoms with Crippen molar-refractivity contribution in [1.82, 2.24) is 10.2 Å². The van der Waals surface area contributed by atoms with Gasteiger partial charge >= 0.3 is 6.09 Å². The zero-order valence-corrected chi connectivity index (χ0v) is 18.0. The van der Waals surface area contributed by atoms with Gasteiger partial charge in [-0.05, 0) is 70.8 Å². The highest BCUT2D eigenvalue weighted by Crippen LogP contribution is 2.43. The van der Waals surface area contributed by atoms with Gasteiger partial charge in [-0.15, -0.1) is 11.3 Å². The van der Waals surface area contributed by atoms with Gasteiger partial charge in [0.2, 0.25) is 0 Å². The Morgan fingerprint density at radius 3 is 2.56 bits per heavy atom. The van der Waals surface area contributed by atoms with Gasteiger partial charge in [0.15, 0.2) is 0 Å². The monoisotopic (exact) mass is 392 g/mol. The van der Waals surface area contributed by atoms with E-state index in [9.17, 15) is 9.59 Å². The third kappa shape index (κ3) is 4.31. The molecule has 1 aromatic rings. The summed E-state index contributed by atoms with van der Waals surface area (Å²) < 4.78 is 5.51. The first-order valence-corrected chi connectivity index (χ1v) is 10.9. The number of nitrogens with zero attached hydrogens (tertiary/aromatic N) is 1. The van der Waals surface area contributed by atoms with Crippen molar-refractivity contribution in [3.63, 3.8) is 0 Å². The van der Waals surface area contributed by atoms with Crippen molar-refractivity contribution < 1.29 is 14.3 Å². The van der Waals surface area contributed by atoms with E-state index < -0.39 is 5.60 Å². The zero-order chi connectivity index (χ0) is 19.8. The predicted octanol–water partition coefficient (Wildman–Crippen LogP) is 4.48. The predicted molar refractivity (Wildman–Crippen MR) is 109 cm³/mol. The van der Waals surface area contributed by atoms with Gasteiger partial charge in [0, 0.05) is 29.4 Å². The molecule has 2 amide bonds. The summed E-state index contributed by atoms with van der Waals surface area (Å²) in [7, 11) is 0. The average Bonchev–Trinajstić information content (AvgIpc) is 2.93. The number of ether oxygens (including phenoxy) is 1. The lowest BCUT2D eigenvalue weighted by atomic mass is 9.80. The fourth-order valence-corrected chi connectivity index (χ4v) is 5.92. The molecule has 1 aromatic heterocycles. The lowest BCUT2D eigenvalue weighted by Gasteiger charge is -2.36. The fourth-order valence-electron chi connectivity index (χ4n) is 4.34. The Morgan fingerprint density at radius 1 is 1.33 bits per heavy atom. The number of carbonyl (C=O) groups is 2. The minimum Gasteiger partial charge on any atom is -0.444 e. The molecule has 3 heterocycles. The van der Waals surface area contributed by atoms with E-state index in [0.29, 0.717) is 11.8 Å². The van der Waals surface area contributed by atoms with Gasteiger partial charge in [-0.3, -0.25) is 4.79 Å². The molecule has 0 spiro atoms. The van der Waals surface area contributed by atoms with Crippen LogP contribution in [-0.4, -0.2) is 42.1 Å². The smallest absolute Gasteiger partial charge is 0.410 e. The number of carbonyl (C=O) groups excluding carboxylic acids is 2. The standard InChI is InChI=1S/C21H32N2O3S/c1-6-15(18-13(2)17-16(27-18)7-10-22-19(17)24)14-8-11-23(12-9-14)20(25)26-21(3,4)5/h14-15H,6-12H2,1-5H3,(H,22,24). The van der Waals surface area contributed by atoms with Gasteiger partial charge in [0.05, 0.1) is 5.56 Å². The molecular weight excluding hydrogens is 360 g/mol. The van der Waals surface area contributed by atoms with Crippen LogP contribution in [0.25, 0.3) is 0 Å². The first-order valence-electron chi connectivity index (χ1n) is 10.1. The topological polar surface area (TPSA) is 58.6 Å². The van der Waals surface area contributed by atoms with Crippen LogP contribution in [0.3, 0.4) is 0 Å². The number of hydrogen-bond donors (Lipinski definition) is 1. The van der Waals surface area contributed by atoms with E-state index in [-0.39, 0.29) is 12.0 Å². The first kappa shape index (κ1) is 20.2. The van der Waals surface area contributed by atoms with Crippen LogP contribution >= 0.6 is 11.3 Å². The fraction of sp³-hybridized carbons (Fsp3) is 0.714. The zero-order valence-electron chi connectivity index (χ0n) is 17.2. The number of hydrogen-bond acceptors (Lipinski definition) is 4. The molecule has 150 valence electrons. The normalized spacial score (nSPS) is 19.4. The molecular formula is C21H32N2O3S. The van der Waals surface area contributed by atoms with Gasteiger partial charge in [-0.25, -0.2) is 4.79 Å². The van der Waals surface area contributed by atoms with E-state index in [0.717, 1.165) is 50.9 Å². The van der Waals surface area contributed by atoms with E-state index in [1.807, 2.05) is 37.0 Å². The highest BCUT2D eigenvalue weighted by molar-refractivity contribution is 7.12. The summed E-state index contributed by atoms with van der Waals surface area (Å²) in [5.41, 5.74) is 1.65. The van der Waals surface area contributed by atoms with Gasteiger partial charge in [0.1, 0.15) is 5.60 Å². The van der Waals surface area contributed by atoms with Crippen molar-refractivity contribution >= 4 is 23.3 Å². The molecule has 1 atom stereocenters. The molecule has 1 unspecified atom stereocenters. The highest BCUT2D eigenvalue weighted by atomic mass is 32.1. The maximum absolute atomic E-state index is 12.3. The van der Waals surface area contributed by atoms with Crippen LogP contribution < -0.4 is 5.32 Å². The Bertz CT molecular complexity index is 712. The second-order valence-electron chi connectivity index (χ2n) is 8.71. The Hall–Kier alpha value is -1.56. The van der Waals surface area contributed by atoms with E-state index in [2.05, 4.69) is 19.2 Å². The van der Waals surface area contributed by atoms with Crippen molar-refractivity contribution in [3.8, 4) is 0 Å². The van der Waals surface area contributed by atoms with Crippen molar-refractivity contribution in [2.24, 2.45) is 5.92 Å². The molecule has 1 saturated heterocycles. The third-order valence-electron chi connectivity index (χ3n) is 5.66. The molecule has 0 bridgehead atoms. The van der Waals surface area contributed by atoms with Crippen LogP contribution in [0.4, 0.5) is 4.79 Å². The molecule has 3 rings (SSSR count). The first-order chi connectivity index (χ1) is 12.7. The van der Waals surface area contributed by atoms with Crippen molar-refractivity contribution in [1.29, 1.82) is 0 Å². The molecule has 5 nitrogen and oxygen atoms in total. The third-order valence-corrected chi connectivity index (χ3v) is 7.14. The second-order valence-corrected chi connectivity index (χ2v) is 9.85. The summed E-state index contributed by atoms with van der Waals surface area (Å²) in [5, 5.41) is 2.98. The van der Waals surface area contributed by atoms with Crippen molar-refractivity contribution in [2.45, 2.75) is 71.8 Å². The van der Waals surface area contributed by atoms with Gasteiger partial charge in [0.25, 0.3) is 5.91 Å². The summed E-state index contributed by atoms with van der Waals surface area (Å²) in [4.78, 5) is 29.1. The van der Waals surface area contributed by atoms with Gasteiger partial charge in [-0.2, -0.15) is 0 Å². The molecule has 0 saturated carbocycles. The van der Waals surface area contributed by atoms with Crippen LogP contribution in [0.5, 0.6) is 0 Å². The molecule has 6 heteroatoms. The van der Waals surface area contributed by atoms with E-state index in [1.54, 1.807) is 0 Å². The summed E-state index contributed by atoms with van der Waals surface area (Å²) >= 11 is 1.84. The summed E-state index contributed by atoms with van der Waals surface area (Å²) in [6, 6.07) is 0. The van der Waals surface area contributed by atoms with Crippen LogP contribution in [-0.2, 0) is 11.2 Å². The molecule has 27 heavy (non-hydrogen) atoms. The molecule has 1 N–H and O–H groups in total. The number of likely N-dealkylation sites (tertiary alicyclic amines) is 1. The number of rotatable bonds is 3. The lowest BCUT2D eigenvalue weighted by Crippen LogP contribution is -2.42. The number of fused-ring (bicyclic) bond motifs is 1. The number of nitrogens with one attached hydrogen (secondary N) is 1. The molecule has 0 aromatic carbocycles. The average molecular weight is 393 g/mol. The Morgan fingerprint density at radius 2 is 2.00 bits per heavy atom. The quantitative estimate of drug-likeness (QED) is 0.825. The maximum atomic E-state index is 12.3. The minimum absolute atomic E-state index is 0.0887. The van der Waals surface area contributed by atoms with Crippen LogP contribution in [0.15, 0.2) is 0 Å². The lowest BCUT2D eigenvalue weighted by molar-refractivity contribution is 0.0173. The van der Waals surface area contributed by atoms with Gasteiger partial charge < -0.3 is 15.0 Å². The summed E-state index contributed by atoms with van der Waals surface area (Å²) in [5.74, 6) is 1.11. The van der Waals surface area contributed by atoms with Crippen molar-refractivity contribution in [2.75, 3.05) is 19.6 Å². The number of amides is 2. The van der Waals surface area contributed by atoms with Crippen LogP contribution in [0.2, 0.25) is 0 Å². The largest absolute Gasteiger partial charge is 0.444 e. The second kappa shape index (κ2) is 7.82. The van der Waals surface area contributed by atoms with Crippen LogP contribution in [0.1, 0.15) is 78.6 Å². The maximum Gasteiger partial charge on any atom is 0.410 e. The van der Waals surface area contributed by atoms with Gasteiger partial charge in [-0.1, -0.05) is 6.92 Å². The summed E-state index contributed by atoms with van der Waals surface area (Å²) in [6.07, 6.45) is 3.80. The van der Waals surface area contributed by atoms with E-state index >= 15 is 0 Å². The van der Waals surface area contributed by atoms with Crippen molar-refractivity contribution in [3.05, 3.63) is 20.9 Å². The molecule has 0 aliphatic carbocycles.